The molecule has 0 saturated carbocycles. The second-order valence-electron chi connectivity index (χ2n) is 6.92. The number of rotatable bonds is 5. The van der Waals surface area contributed by atoms with E-state index in [9.17, 15) is 9.59 Å². The summed E-state index contributed by atoms with van der Waals surface area (Å²) >= 11 is 0. The van der Waals surface area contributed by atoms with Gasteiger partial charge in [-0.3, -0.25) is 9.59 Å². The maximum atomic E-state index is 12.8. The number of benzene rings is 2. The van der Waals surface area contributed by atoms with Crippen molar-refractivity contribution < 1.29 is 14.3 Å². The molecule has 0 aliphatic carbocycles. The van der Waals surface area contributed by atoms with Gasteiger partial charge in [-0.25, -0.2) is 4.98 Å². The molecule has 1 aromatic heterocycles. The Hall–Kier alpha value is -3.61. The fourth-order valence-electron chi connectivity index (χ4n) is 3.57. The molecule has 3 aromatic rings. The fraction of sp³-hybridized carbons (Fsp3) is 0.227. The molecule has 2 amide bonds. The first kappa shape index (κ1) is 18.7. The molecule has 2 heterocycles. The van der Waals surface area contributed by atoms with E-state index in [0.717, 1.165) is 22.7 Å². The number of methoxy groups -OCH3 is 1. The van der Waals surface area contributed by atoms with Crippen molar-refractivity contribution in [2.45, 2.75) is 12.5 Å². The average molecular weight is 390 g/mol. The minimum atomic E-state index is -0.259. The molecule has 29 heavy (non-hydrogen) atoms. The highest BCUT2D eigenvalue weighted by Crippen LogP contribution is 2.32. The lowest BCUT2D eigenvalue weighted by atomic mass is 9.91. The number of imidazole rings is 1. The molecule has 7 heteroatoms. The third kappa shape index (κ3) is 3.99. The number of nitrogens with zero attached hydrogens (tertiary/aromatic N) is 2. The smallest absolute Gasteiger partial charge is 0.251 e. The van der Waals surface area contributed by atoms with E-state index in [1.54, 1.807) is 42.6 Å². The van der Waals surface area contributed by atoms with E-state index < -0.39 is 0 Å². The summed E-state index contributed by atoms with van der Waals surface area (Å²) in [7, 11) is 1.63. The van der Waals surface area contributed by atoms with Gasteiger partial charge in [0, 0.05) is 18.0 Å². The highest BCUT2D eigenvalue weighted by Gasteiger charge is 2.31. The molecule has 0 spiro atoms. The van der Waals surface area contributed by atoms with Gasteiger partial charge in [-0.05, 0) is 29.8 Å². The number of hydrogen-bond donors (Lipinski definition) is 2. The fourth-order valence-corrected chi connectivity index (χ4v) is 3.57. The summed E-state index contributed by atoms with van der Waals surface area (Å²) in [5.74, 6) is 0.353. The van der Waals surface area contributed by atoms with Crippen LogP contribution in [0, 0.1) is 0 Å². The van der Waals surface area contributed by atoms with E-state index >= 15 is 0 Å². The molecule has 1 atom stereocenters. The van der Waals surface area contributed by atoms with E-state index in [0.29, 0.717) is 18.7 Å². The topological polar surface area (TPSA) is 87.3 Å². The zero-order valence-electron chi connectivity index (χ0n) is 16.1. The van der Waals surface area contributed by atoms with Gasteiger partial charge in [0.15, 0.2) is 0 Å². The summed E-state index contributed by atoms with van der Waals surface area (Å²) in [6, 6.07) is 16.7. The number of aromatic amines is 1. The molecule has 148 valence electrons. The lowest BCUT2D eigenvalue weighted by Gasteiger charge is -2.32. The number of nitrogens with one attached hydrogen (secondary N) is 2. The molecule has 7 nitrogen and oxygen atoms in total. The summed E-state index contributed by atoms with van der Waals surface area (Å²) in [5, 5.41) is 2.71. The number of carbonyl (C=O) groups excluding carboxylic acids is 2. The largest absolute Gasteiger partial charge is 0.497 e. The van der Waals surface area contributed by atoms with Crippen LogP contribution in [0.5, 0.6) is 5.75 Å². The second kappa shape index (κ2) is 8.18. The average Bonchev–Trinajstić information content (AvgIpc) is 3.26. The minimum Gasteiger partial charge on any atom is -0.497 e. The first-order valence-electron chi connectivity index (χ1n) is 9.43. The molecule has 2 N–H and O–H groups in total. The maximum absolute atomic E-state index is 12.8. The Morgan fingerprint density at radius 1 is 1.17 bits per heavy atom. The van der Waals surface area contributed by atoms with E-state index in [4.69, 9.17) is 4.74 Å². The molecule has 1 aliphatic rings. The van der Waals surface area contributed by atoms with Crippen LogP contribution in [0.2, 0.25) is 0 Å². The molecule has 0 radical (unpaired) electrons. The van der Waals surface area contributed by atoms with Crippen molar-refractivity contribution in [2.24, 2.45) is 0 Å². The van der Waals surface area contributed by atoms with Crippen LogP contribution < -0.4 is 10.1 Å². The first-order valence-corrected chi connectivity index (χ1v) is 9.43. The second-order valence-corrected chi connectivity index (χ2v) is 6.92. The molecule has 0 saturated heterocycles. The van der Waals surface area contributed by atoms with Crippen molar-refractivity contribution in [2.75, 3.05) is 20.2 Å². The minimum absolute atomic E-state index is 0.0373. The maximum Gasteiger partial charge on any atom is 0.251 e. The molecular weight excluding hydrogens is 368 g/mol. The van der Waals surface area contributed by atoms with Crippen LogP contribution in [0.1, 0.15) is 33.2 Å². The third-order valence-electron chi connectivity index (χ3n) is 5.14. The van der Waals surface area contributed by atoms with Crippen LogP contribution >= 0.6 is 0 Å². The van der Waals surface area contributed by atoms with Crippen molar-refractivity contribution >= 4 is 11.8 Å². The Labute approximate surface area is 168 Å². The van der Waals surface area contributed by atoms with Gasteiger partial charge in [0.25, 0.3) is 5.91 Å². The van der Waals surface area contributed by atoms with Gasteiger partial charge < -0.3 is 19.9 Å². The van der Waals surface area contributed by atoms with Gasteiger partial charge in [0.2, 0.25) is 5.91 Å². The number of carbonyl (C=O) groups is 2. The van der Waals surface area contributed by atoms with Crippen molar-refractivity contribution in [1.29, 1.82) is 0 Å². The lowest BCUT2D eigenvalue weighted by Crippen LogP contribution is -2.44. The van der Waals surface area contributed by atoms with E-state index in [1.165, 1.54) is 0 Å². The molecule has 4 rings (SSSR count). The van der Waals surface area contributed by atoms with Gasteiger partial charge >= 0.3 is 0 Å². The van der Waals surface area contributed by atoms with Crippen LogP contribution in [-0.4, -0.2) is 46.9 Å². The lowest BCUT2D eigenvalue weighted by molar-refractivity contribution is -0.131. The Morgan fingerprint density at radius 2 is 1.93 bits per heavy atom. The van der Waals surface area contributed by atoms with Gasteiger partial charge in [-0.1, -0.05) is 30.3 Å². The molecule has 2 aromatic carbocycles. The molecular formula is C22H22N4O3. The van der Waals surface area contributed by atoms with Crippen molar-refractivity contribution in [3.8, 4) is 5.75 Å². The summed E-state index contributed by atoms with van der Waals surface area (Å²) in [6.45, 7) is 0.902. The van der Waals surface area contributed by atoms with Crippen LogP contribution in [0.4, 0.5) is 0 Å². The predicted molar refractivity (Wildman–Crippen MR) is 108 cm³/mol. The third-order valence-corrected chi connectivity index (χ3v) is 5.14. The number of aromatic nitrogens is 2. The van der Waals surface area contributed by atoms with E-state index in [2.05, 4.69) is 15.3 Å². The highest BCUT2D eigenvalue weighted by atomic mass is 16.5. The number of fused-ring (bicyclic) bond motifs is 1. The van der Waals surface area contributed by atoms with Crippen molar-refractivity contribution in [3.63, 3.8) is 0 Å². The Bertz CT molecular complexity index is 998. The number of H-pyrrole nitrogens is 1. The normalized spacial score (nSPS) is 15.5. The van der Waals surface area contributed by atoms with Crippen LogP contribution in [0.25, 0.3) is 0 Å². The standard InChI is InChI=1S/C22H22N4O3/c1-29-17-9-7-15(8-10-17)18-12-26(13-19-21(18)25-14-24-19)20(27)11-23-22(28)16-5-3-2-4-6-16/h2-10,14,18H,11-13H2,1H3,(H,23,28)(H,24,25). The van der Waals surface area contributed by atoms with Gasteiger partial charge in [0.05, 0.1) is 37.9 Å². The Morgan fingerprint density at radius 3 is 2.66 bits per heavy atom. The molecule has 1 aliphatic heterocycles. The zero-order valence-corrected chi connectivity index (χ0v) is 16.1. The van der Waals surface area contributed by atoms with E-state index in [1.807, 2.05) is 30.3 Å². The highest BCUT2D eigenvalue weighted by molar-refractivity contribution is 5.96. The van der Waals surface area contributed by atoms with Gasteiger partial charge in [-0.2, -0.15) is 0 Å². The predicted octanol–water partition coefficient (Wildman–Crippen LogP) is 2.32. The summed E-state index contributed by atoms with van der Waals surface area (Å²) in [4.78, 5) is 34.4. The number of ether oxygens (including phenoxy) is 1. The summed E-state index contributed by atoms with van der Waals surface area (Å²) < 4.78 is 5.23. The van der Waals surface area contributed by atoms with Gasteiger partial charge in [0.1, 0.15) is 5.75 Å². The van der Waals surface area contributed by atoms with Crippen LogP contribution in [0.15, 0.2) is 60.9 Å². The zero-order chi connectivity index (χ0) is 20.2. The molecule has 0 fully saturated rings. The van der Waals surface area contributed by atoms with Crippen molar-refractivity contribution in [1.82, 2.24) is 20.2 Å². The molecule has 1 unspecified atom stereocenters. The van der Waals surface area contributed by atoms with Crippen LogP contribution in [-0.2, 0) is 11.3 Å². The van der Waals surface area contributed by atoms with Crippen molar-refractivity contribution in [3.05, 3.63) is 83.4 Å². The van der Waals surface area contributed by atoms with Crippen LogP contribution in [0.3, 0.4) is 0 Å². The Kier molecular flexibility index (Phi) is 5.29. The SMILES string of the molecule is COc1ccc(C2CN(C(=O)CNC(=O)c3ccccc3)Cc3[nH]cnc32)cc1. The number of amides is 2. The summed E-state index contributed by atoms with van der Waals surface area (Å²) in [6.07, 6.45) is 1.66. The Balaban J connectivity index is 1.47. The van der Waals surface area contributed by atoms with E-state index in [-0.39, 0.29) is 24.3 Å². The summed E-state index contributed by atoms with van der Waals surface area (Å²) in [5.41, 5.74) is 3.46. The quantitative estimate of drug-likeness (QED) is 0.700. The monoisotopic (exact) mass is 390 g/mol. The van der Waals surface area contributed by atoms with Gasteiger partial charge in [-0.15, -0.1) is 0 Å². The molecule has 0 bridgehead atoms. The number of hydrogen-bond acceptors (Lipinski definition) is 4. The first-order chi connectivity index (χ1) is 14.2.